The van der Waals surface area contributed by atoms with Gasteiger partial charge < -0.3 is 15.4 Å². The van der Waals surface area contributed by atoms with Gasteiger partial charge >= 0.3 is 0 Å². The lowest BCUT2D eigenvalue weighted by atomic mass is 9.79. The maximum Gasteiger partial charge on any atom is 0.225 e. The van der Waals surface area contributed by atoms with Crippen LogP contribution in [0.25, 0.3) is 0 Å². The lowest BCUT2D eigenvalue weighted by Crippen LogP contribution is -2.47. The van der Waals surface area contributed by atoms with Crippen LogP contribution in [-0.4, -0.2) is 43.2 Å². The molecule has 3 atom stereocenters. The van der Waals surface area contributed by atoms with E-state index in [2.05, 4.69) is 6.92 Å². The van der Waals surface area contributed by atoms with E-state index in [1.807, 2.05) is 4.90 Å². The largest absolute Gasteiger partial charge is 0.378 e. The summed E-state index contributed by atoms with van der Waals surface area (Å²) in [4.78, 5) is 14.2. The number of nitrogens with two attached hydrogens (primary N) is 1. The topological polar surface area (TPSA) is 55.6 Å². The van der Waals surface area contributed by atoms with E-state index in [1.54, 1.807) is 0 Å². The third-order valence-corrected chi connectivity index (χ3v) is 3.93. The van der Waals surface area contributed by atoms with Crippen LogP contribution in [0.15, 0.2) is 0 Å². The number of amides is 1. The van der Waals surface area contributed by atoms with E-state index in [0.717, 1.165) is 32.4 Å². The standard InChI is InChI=1S/C12H22N2O2/c1-9-2-3-10(8-11(9)13)12(15)14-4-6-16-7-5-14/h9-11H,2-8,13H2,1H3. The Kier molecular flexibility index (Phi) is 3.82. The maximum atomic E-state index is 12.2. The summed E-state index contributed by atoms with van der Waals surface area (Å²) in [7, 11) is 0. The molecule has 0 radical (unpaired) electrons. The first-order valence-electron chi connectivity index (χ1n) is 6.30. The van der Waals surface area contributed by atoms with Crippen molar-refractivity contribution in [2.45, 2.75) is 32.2 Å². The number of hydrogen-bond donors (Lipinski definition) is 1. The van der Waals surface area contributed by atoms with E-state index in [-0.39, 0.29) is 12.0 Å². The molecule has 2 fully saturated rings. The molecule has 0 aromatic heterocycles. The van der Waals surface area contributed by atoms with Crippen LogP contribution in [0.1, 0.15) is 26.2 Å². The summed E-state index contributed by atoms with van der Waals surface area (Å²) in [6, 6.07) is 0.198. The minimum atomic E-state index is 0.157. The van der Waals surface area contributed by atoms with E-state index in [0.29, 0.717) is 25.0 Å². The Balaban J connectivity index is 1.89. The summed E-state index contributed by atoms with van der Waals surface area (Å²) in [6.07, 6.45) is 2.95. The zero-order chi connectivity index (χ0) is 11.5. The molecular weight excluding hydrogens is 204 g/mol. The molecule has 92 valence electrons. The Bertz CT molecular complexity index is 251. The Morgan fingerprint density at radius 2 is 2.00 bits per heavy atom. The highest BCUT2D eigenvalue weighted by atomic mass is 16.5. The molecule has 1 aliphatic heterocycles. The van der Waals surface area contributed by atoms with Crippen molar-refractivity contribution >= 4 is 5.91 Å². The van der Waals surface area contributed by atoms with Crippen molar-refractivity contribution in [3.05, 3.63) is 0 Å². The van der Waals surface area contributed by atoms with Crippen LogP contribution < -0.4 is 5.73 Å². The van der Waals surface area contributed by atoms with E-state index >= 15 is 0 Å². The Morgan fingerprint density at radius 3 is 2.62 bits per heavy atom. The maximum absolute atomic E-state index is 12.2. The van der Waals surface area contributed by atoms with Gasteiger partial charge in [0.1, 0.15) is 0 Å². The monoisotopic (exact) mass is 226 g/mol. The van der Waals surface area contributed by atoms with Crippen molar-refractivity contribution in [1.82, 2.24) is 4.90 Å². The van der Waals surface area contributed by atoms with E-state index in [1.165, 1.54) is 0 Å². The Hall–Kier alpha value is -0.610. The number of morpholine rings is 1. The van der Waals surface area contributed by atoms with Gasteiger partial charge in [0.05, 0.1) is 13.2 Å². The van der Waals surface area contributed by atoms with Crippen LogP contribution in [0.3, 0.4) is 0 Å². The summed E-state index contributed by atoms with van der Waals surface area (Å²) in [5.41, 5.74) is 6.04. The van der Waals surface area contributed by atoms with Crippen molar-refractivity contribution in [2.75, 3.05) is 26.3 Å². The van der Waals surface area contributed by atoms with Crippen LogP contribution in [0.4, 0.5) is 0 Å². The molecule has 1 saturated carbocycles. The van der Waals surface area contributed by atoms with Crippen molar-refractivity contribution < 1.29 is 9.53 Å². The zero-order valence-electron chi connectivity index (χ0n) is 10.0. The van der Waals surface area contributed by atoms with Gasteiger partial charge in [0.2, 0.25) is 5.91 Å². The van der Waals surface area contributed by atoms with Crippen molar-refractivity contribution in [3.63, 3.8) is 0 Å². The highest BCUT2D eigenvalue weighted by Gasteiger charge is 2.32. The second kappa shape index (κ2) is 5.15. The van der Waals surface area contributed by atoms with Gasteiger partial charge in [0, 0.05) is 25.0 Å². The molecule has 0 aromatic carbocycles. The van der Waals surface area contributed by atoms with Gasteiger partial charge in [-0.15, -0.1) is 0 Å². The van der Waals surface area contributed by atoms with E-state index in [9.17, 15) is 4.79 Å². The van der Waals surface area contributed by atoms with Gasteiger partial charge in [-0.05, 0) is 25.2 Å². The Labute approximate surface area is 97.1 Å². The predicted molar refractivity (Wildman–Crippen MR) is 61.9 cm³/mol. The summed E-state index contributed by atoms with van der Waals surface area (Å²) < 4.78 is 5.26. The second-order valence-corrected chi connectivity index (χ2v) is 5.09. The number of ether oxygens (including phenoxy) is 1. The van der Waals surface area contributed by atoms with Gasteiger partial charge in [-0.1, -0.05) is 6.92 Å². The molecule has 0 aromatic rings. The fourth-order valence-corrected chi connectivity index (χ4v) is 2.62. The first-order chi connectivity index (χ1) is 7.68. The molecule has 16 heavy (non-hydrogen) atoms. The fourth-order valence-electron chi connectivity index (χ4n) is 2.62. The molecule has 1 aliphatic carbocycles. The fraction of sp³-hybridized carbons (Fsp3) is 0.917. The van der Waals surface area contributed by atoms with E-state index in [4.69, 9.17) is 10.5 Å². The van der Waals surface area contributed by atoms with Crippen LogP contribution >= 0.6 is 0 Å². The van der Waals surface area contributed by atoms with Gasteiger partial charge in [-0.25, -0.2) is 0 Å². The molecule has 1 heterocycles. The summed E-state index contributed by atoms with van der Waals surface area (Å²) >= 11 is 0. The first kappa shape index (κ1) is 11.9. The van der Waals surface area contributed by atoms with Gasteiger partial charge in [0.25, 0.3) is 0 Å². The molecule has 4 nitrogen and oxygen atoms in total. The number of carbonyl (C=O) groups excluding carboxylic acids is 1. The average molecular weight is 226 g/mol. The summed E-state index contributed by atoms with van der Waals surface area (Å²) in [5.74, 6) is 1.02. The number of nitrogens with zero attached hydrogens (tertiary/aromatic N) is 1. The highest BCUT2D eigenvalue weighted by Crippen LogP contribution is 2.29. The third-order valence-electron chi connectivity index (χ3n) is 3.93. The van der Waals surface area contributed by atoms with Gasteiger partial charge in [0.15, 0.2) is 0 Å². The number of hydrogen-bond acceptors (Lipinski definition) is 3. The molecular formula is C12H22N2O2. The molecule has 3 unspecified atom stereocenters. The van der Waals surface area contributed by atoms with Gasteiger partial charge in [-0.3, -0.25) is 4.79 Å². The lowest BCUT2D eigenvalue weighted by molar-refractivity contribution is -0.141. The molecule has 2 aliphatic rings. The molecule has 2 rings (SSSR count). The predicted octanol–water partition coefficient (Wildman–Crippen LogP) is 0.609. The zero-order valence-corrected chi connectivity index (χ0v) is 10.0. The number of rotatable bonds is 1. The second-order valence-electron chi connectivity index (χ2n) is 5.09. The quantitative estimate of drug-likeness (QED) is 0.712. The van der Waals surface area contributed by atoms with Crippen LogP contribution in [-0.2, 0) is 9.53 Å². The Morgan fingerprint density at radius 1 is 1.31 bits per heavy atom. The molecule has 0 bridgehead atoms. The average Bonchev–Trinajstić information content (AvgIpc) is 2.33. The number of carbonyl (C=O) groups is 1. The van der Waals surface area contributed by atoms with Crippen molar-refractivity contribution in [3.8, 4) is 0 Å². The summed E-state index contributed by atoms with van der Waals surface area (Å²) in [6.45, 7) is 5.04. The minimum absolute atomic E-state index is 0.157. The SMILES string of the molecule is CC1CCC(C(=O)N2CCOCC2)CC1N. The minimum Gasteiger partial charge on any atom is -0.378 e. The molecule has 1 amide bonds. The molecule has 2 N–H and O–H groups in total. The lowest BCUT2D eigenvalue weighted by Gasteiger charge is -2.35. The van der Waals surface area contributed by atoms with Crippen LogP contribution in [0, 0.1) is 11.8 Å². The normalized spacial score (nSPS) is 36.1. The van der Waals surface area contributed by atoms with Crippen LogP contribution in [0.2, 0.25) is 0 Å². The van der Waals surface area contributed by atoms with E-state index < -0.39 is 0 Å². The molecule has 4 heteroatoms. The highest BCUT2D eigenvalue weighted by molar-refractivity contribution is 5.79. The summed E-state index contributed by atoms with van der Waals surface area (Å²) in [5, 5.41) is 0. The third kappa shape index (κ3) is 2.55. The molecule has 1 saturated heterocycles. The van der Waals surface area contributed by atoms with Crippen molar-refractivity contribution in [2.24, 2.45) is 17.6 Å². The van der Waals surface area contributed by atoms with Gasteiger partial charge in [-0.2, -0.15) is 0 Å². The first-order valence-corrected chi connectivity index (χ1v) is 6.30. The smallest absolute Gasteiger partial charge is 0.225 e. The molecule has 0 spiro atoms. The van der Waals surface area contributed by atoms with Crippen molar-refractivity contribution in [1.29, 1.82) is 0 Å². The van der Waals surface area contributed by atoms with Crippen LogP contribution in [0.5, 0.6) is 0 Å².